The number of aryl methyl sites for hydroxylation is 1. The highest BCUT2D eigenvalue weighted by Crippen LogP contribution is 2.21. The molecule has 1 rings (SSSR count). The lowest BCUT2D eigenvalue weighted by Gasteiger charge is -1.93. The van der Waals surface area contributed by atoms with Gasteiger partial charge in [-0.3, -0.25) is 0 Å². The predicted octanol–water partition coefficient (Wildman–Crippen LogP) is 1.07. The maximum absolute atomic E-state index is 11.0. The smallest absolute Gasteiger partial charge is 0.359 e. The third-order valence-electron chi connectivity index (χ3n) is 1.38. The number of carbonyl (C=O) groups excluding carboxylic acids is 1. The Balaban J connectivity index is 2.99. The maximum Gasteiger partial charge on any atom is 0.359 e. The van der Waals surface area contributed by atoms with Gasteiger partial charge in [0.1, 0.15) is 5.00 Å². The van der Waals surface area contributed by atoms with E-state index in [2.05, 4.69) is 9.72 Å². The van der Waals surface area contributed by atoms with Crippen LogP contribution in [0.4, 0.5) is 5.00 Å². The minimum absolute atomic E-state index is 0.236. The number of aromatic nitrogens is 1. The van der Waals surface area contributed by atoms with Crippen LogP contribution in [0, 0.1) is 0 Å². The van der Waals surface area contributed by atoms with Gasteiger partial charge in [0.05, 0.1) is 12.1 Å². The van der Waals surface area contributed by atoms with E-state index in [0.29, 0.717) is 5.00 Å². The summed E-state index contributed by atoms with van der Waals surface area (Å²) >= 11 is 1.32. The van der Waals surface area contributed by atoms with E-state index in [0.717, 1.165) is 11.4 Å². The molecule has 0 saturated heterocycles. The van der Waals surface area contributed by atoms with Gasteiger partial charge in [-0.2, -0.15) is 0 Å². The molecule has 0 radical (unpaired) electrons. The summed E-state index contributed by atoms with van der Waals surface area (Å²) in [4.78, 5) is 15.0. The van der Waals surface area contributed by atoms with E-state index >= 15 is 0 Å². The van der Waals surface area contributed by atoms with Gasteiger partial charge >= 0.3 is 5.97 Å². The van der Waals surface area contributed by atoms with Crippen molar-refractivity contribution in [2.45, 2.75) is 13.3 Å². The van der Waals surface area contributed by atoms with Crippen LogP contribution < -0.4 is 5.73 Å². The second-order valence-corrected chi connectivity index (χ2v) is 3.28. The van der Waals surface area contributed by atoms with Crippen molar-refractivity contribution < 1.29 is 9.53 Å². The van der Waals surface area contributed by atoms with Crippen LogP contribution >= 0.6 is 11.3 Å². The Labute approximate surface area is 74.4 Å². The molecular formula is C7H10N2O2S. The summed E-state index contributed by atoms with van der Waals surface area (Å²) in [6, 6.07) is 0. The SMILES string of the molecule is CCc1nc(C(=O)OC)c(N)s1. The number of ether oxygens (including phenoxy) is 1. The van der Waals surface area contributed by atoms with Crippen LogP contribution in [0.15, 0.2) is 0 Å². The van der Waals surface area contributed by atoms with Gasteiger partial charge in [-0.05, 0) is 6.42 Å². The van der Waals surface area contributed by atoms with Gasteiger partial charge in [0.2, 0.25) is 0 Å². The third kappa shape index (κ3) is 1.55. The van der Waals surface area contributed by atoms with Gasteiger partial charge in [0, 0.05) is 0 Å². The number of nitrogen functional groups attached to an aromatic ring is 1. The summed E-state index contributed by atoms with van der Waals surface area (Å²) in [5, 5.41) is 1.28. The average molecular weight is 186 g/mol. The number of thiazole rings is 1. The quantitative estimate of drug-likeness (QED) is 0.702. The molecule has 5 heteroatoms. The molecule has 0 fully saturated rings. The predicted molar refractivity (Wildman–Crippen MR) is 47.2 cm³/mol. The molecule has 0 unspecified atom stereocenters. The van der Waals surface area contributed by atoms with E-state index in [1.807, 2.05) is 6.92 Å². The molecule has 0 bridgehead atoms. The fourth-order valence-corrected chi connectivity index (χ4v) is 1.53. The Morgan fingerprint density at radius 1 is 1.75 bits per heavy atom. The topological polar surface area (TPSA) is 65.2 Å². The van der Waals surface area contributed by atoms with E-state index in [9.17, 15) is 4.79 Å². The fourth-order valence-electron chi connectivity index (χ4n) is 0.772. The summed E-state index contributed by atoms with van der Waals surface area (Å²) in [6.07, 6.45) is 0.784. The molecular weight excluding hydrogens is 176 g/mol. The lowest BCUT2D eigenvalue weighted by Crippen LogP contribution is -2.04. The number of rotatable bonds is 2. The minimum Gasteiger partial charge on any atom is -0.464 e. The van der Waals surface area contributed by atoms with Crippen LogP contribution in [0.3, 0.4) is 0 Å². The van der Waals surface area contributed by atoms with Crippen molar-refractivity contribution in [3.8, 4) is 0 Å². The average Bonchev–Trinajstić information content (AvgIpc) is 2.45. The highest BCUT2D eigenvalue weighted by molar-refractivity contribution is 7.15. The Bertz CT molecular complexity index is 296. The first-order valence-corrected chi connectivity index (χ1v) is 4.34. The van der Waals surface area contributed by atoms with Crippen molar-refractivity contribution in [3.63, 3.8) is 0 Å². The molecule has 4 nitrogen and oxygen atoms in total. The summed E-state index contributed by atoms with van der Waals surface area (Å²) in [5.41, 5.74) is 5.78. The van der Waals surface area contributed by atoms with E-state index < -0.39 is 5.97 Å². The largest absolute Gasteiger partial charge is 0.464 e. The Morgan fingerprint density at radius 2 is 2.42 bits per heavy atom. The van der Waals surface area contributed by atoms with Crippen molar-refractivity contribution in [3.05, 3.63) is 10.7 Å². The number of anilines is 1. The van der Waals surface area contributed by atoms with Crippen molar-refractivity contribution in [2.75, 3.05) is 12.8 Å². The minimum atomic E-state index is -0.469. The van der Waals surface area contributed by atoms with Crippen LogP contribution in [0.5, 0.6) is 0 Å². The van der Waals surface area contributed by atoms with Crippen LogP contribution in [0.25, 0.3) is 0 Å². The standard InChI is InChI=1S/C7H10N2O2S/c1-3-4-9-5(6(8)12-4)7(10)11-2/h3,8H2,1-2H3. The molecule has 0 aliphatic carbocycles. The highest BCUT2D eigenvalue weighted by Gasteiger charge is 2.15. The molecule has 0 aliphatic rings. The van der Waals surface area contributed by atoms with Crippen LogP contribution in [0.1, 0.15) is 22.4 Å². The van der Waals surface area contributed by atoms with Crippen molar-refractivity contribution in [1.82, 2.24) is 4.98 Å². The molecule has 0 aliphatic heterocycles. The molecule has 66 valence electrons. The summed E-state index contributed by atoms with van der Waals surface area (Å²) in [5.74, 6) is -0.469. The van der Waals surface area contributed by atoms with Gasteiger partial charge in [0.25, 0.3) is 0 Å². The highest BCUT2D eigenvalue weighted by atomic mass is 32.1. The maximum atomic E-state index is 11.0. The number of carbonyl (C=O) groups is 1. The van der Waals surface area contributed by atoms with Gasteiger partial charge in [-0.15, -0.1) is 11.3 Å². The first-order valence-electron chi connectivity index (χ1n) is 3.52. The van der Waals surface area contributed by atoms with Gasteiger partial charge in [-0.25, -0.2) is 9.78 Å². The molecule has 1 heterocycles. The van der Waals surface area contributed by atoms with E-state index in [-0.39, 0.29) is 5.69 Å². The fraction of sp³-hybridized carbons (Fsp3) is 0.429. The van der Waals surface area contributed by atoms with Gasteiger partial charge in [-0.1, -0.05) is 6.92 Å². The second-order valence-electron chi connectivity index (χ2n) is 2.17. The van der Waals surface area contributed by atoms with E-state index in [1.165, 1.54) is 18.4 Å². The van der Waals surface area contributed by atoms with Crippen molar-refractivity contribution in [2.24, 2.45) is 0 Å². The lowest BCUT2D eigenvalue weighted by molar-refractivity contribution is 0.0596. The van der Waals surface area contributed by atoms with E-state index in [4.69, 9.17) is 5.73 Å². The first kappa shape index (κ1) is 8.99. The Hall–Kier alpha value is -1.10. The molecule has 1 aromatic rings. The first-order chi connectivity index (χ1) is 5.69. The van der Waals surface area contributed by atoms with Crippen LogP contribution in [0.2, 0.25) is 0 Å². The number of methoxy groups -OCH3 is 1. The number of nitrogens with zero attached hydrogens (tertiary/aromatic N) is 1. The van der Waals surface area contributed by atoms with Crippen molar-refractivity contribution >= 4 is 22.3 Å². The molecule has 2 N–H and O–H groups in total. The molecule has 1 aromatic heterocycles. The molecule has 0 saturated carbocycles. The molecule has 0 amide bonds. The zero-order chi connectivity index (χ0) is 9.14. The number of hydrogen-bond acceptors (Lipinski definition) is 5. The zero-order valence-corrected chi connectivity index (χ0v) is 7.77. The summed E-state index contributed by atoms with van der Waals surface area (Å²) < 4.78 is 4.50. The Morgan fingerprint density at radius 3 is 2.83 bits per heavy atom. The zero-order valence-electron chi connectivity index (χ0n) is 6.96. The number of hydrogen-bond donors (Lipinski definition) is 1. The summed E-state index contributed by atoms with van der Waals surface area (Å²) in [7, 11) is 1.31. The lowest BCUT2D eigenvalue weighted by atomic mass is 10.4. The normalized spacial score (nSPS) is 9.83. The molecule has 0 spiro atoms. The monoisotopic (exact) mass is 186 g/mol. The summed E-state index contributed by atoms with van der Waals surface area (Å²) in [6.45, 7) is 1.96. The van der Waals surface area contributed by atoms with Gasteiger partial charge in [0.15, 0.2) is 5.69 Å². The second kappa shape index (κ2) is 3.53. The molecule has 0 aromatic carbocycles. The van der Waals surface area contributed by atoms with E-state index in [1.54, 1.807) is 0 Å². The molecule has 12 heavy (non-hydrogen) atoms. The number of nitrogens with two attached hydrogens (primary N) is 1. The van der Waals surface area contributed by atoms with Crippen LogP contribution in [-0.2, 0) is 11.2 Å². The number of esters is 1. The third-order valence-corrected chi connectivity index (χ3v) is 2.41. The molecule has 0 atom stereocenters. The van der Waals surface area contributed by atoms with Gasteiger partial charge < -0.3 is 10.5 Å². The Kier molecular flexibility index (Phi) is 2.65. The van der Waals surface area contributed by atoms with Crippen LogP contribution in [-0.4, -0.2) is 18.1 Å². The van der Waals surface area contributed by atoms with Crippen molar-refractivity contribution in [1.29, 1.82) is 0 Å².